The molecule has 0 aromatic heterocycles. The maximum Gasteiger partial charge on any atom is 0.338 e. The summed E-state index contributed by atoms with van der Waals surface area (Å²) in [7, 11) is 1.60. The van der Waals surface area contributed by atoms with Crippen LogP contribution in [-0.2, 0) is 4.74 Å². The van der Waals surface area contributed by atoms with Crippen molar-refractivity contribution >= 4 is 5.97 Å². The predicted octanol–water partition coefficient (Wildman–Crippen LogP) is 7.33. The van der Waals surface area contributed by atoms with Crippen LogP contribution < -0.4 is 4.74 Å². The molecule has 1 rings (SSSR count). The molecule has 0 heterocycles. The van der Waals surface area contributed by atoms with Crippen molar-refractivity contribution in [2.75, 3.05) is 13.7 Å². The van der Waals surface area contributed by atoms with E-state index in [-0.39, 0.29) is 5.97 Å². The zero-order valence-electron chi connectivity index (χ0n) is 17.6. The van der Waals surface area contributed by atoms with Crippen molar-refractivity contribution in [3.8, 4) is 5.75 Å². The molecule has 0 N–H and O–H groups in total. The van der Waals surface area contributed by atoms with E-state index in [9.17, 15) is 4.79 Å². The minimum atomic E-state index is -0.261. The van der Waals surface area contributed by atoms with Gasteiger partial charge in [0.15, 0.2) is 0 Å². The van der Waals surface area contributed by atoms with Crippen molar-refractivity contribution in [2.24, 2.45) is 0 Å². The number of benzene rings is 1. The lowest BCUT2D eigenvalue weighted by molar-refractivity contribution is 0.0497. The largest absolute Gasteiger partial charge is 0.497 e. The number of hydrogen-bond acceptors (Lipinski definition) is 3. The minimum absolute atomic E-state index is 0.261. The van der Waals surface area contributed by atoms with Gasteiger partial charge in [-0.1, -0.05) is 96.5 Å². The molecule has 0 saturated carbocycles. The molecular formula is C24H40O3. The van der Waals surface area contributed by atoms with Gasteiger partial charge in [-0.2, -0.15) is 0 Å². The summed E-state index contributed by atoms with van der Waals surface area (Å²) < 4.78 is 10.5. The first-order chi connectivity index (χ1) is 13.3. The number of unbranched alkanes of at least 4 members (excludes halogenated alkanes) is 13. The standard InChI is InChI=1S/C24H40O3/c1-3-4-5-6-7-8-9-10-11-12-13-14-15-16-20-27-24(25)22-18-17-19-23(21-22)26-2/h17-19,21H,3-16,20H2,1-2H3. The van der Waals surface area contributed by atoms with Crippen molar-refractivity contribution in [2.45, 2.75) is 96.8 Å². The van der Waals surface area contributed by atoms with Crippen molar-refractivity contribution in [1.29, 1.82) is 0 Å². The SMILES string of the molecule is CCCCCCCCCCCCCCCCOC(=O)c1cccc(OC)c1. The Kier molecular flexibility index (Phi) is 14.5. The van der Waals surface area contributed by atoms with Crippen LogP contribution in [0.1, 0.15) is 107 Å². The summed E-state index contributed by atoms with van der Waals surface area (Å²) in [5.41, 5.74) is 0.555. The molecule has 0 aliphatic carbocycles. The molecule has 3 heteroatoms. The van der Waals surface area contributed by atoms with Gasteiger partial charge in [0.2, 0.25) is 0 Å². The van der Waals surface area contributed by atoms with E-state index in [0.717, 1.165) is 12.8 Å². The first-order valence-corrected chi connectivity index (χ1v) is 11.1. The second-order valence-corrected chi connectivity index (χ2v) is 7.46. The van der Waals surface area contributed by atoms with Gasteiger partial charge in [-0.3, -0.25) is 0 Å². The second-order valence-electron chi connectivity index (χ2n) is 7.46. The third kappa shape index (κ3) is 12.5. The summed E-state index contributed by atoms with van der Waals surface area (Å²) in [4.78, 5) is 12.0. The molecule has 0 saturated heterocycles. The Morgan fingerprint density at radius 2 is 1.30 bits per heavy atom. The fourth-order valence-electron chi connectivity index (χ4n) is 3.29. The van der Waals surface area contributed by atoms with Crippen molar-refractivity contribution < 1.29 is 14.3 Å². The van der Waals surface area contributed by atoms with Crippen LogP contribution in [0.25, 0.3) is 0 Å². The first-order valence-electron chi connectivity index (χ1n) is 11.1. The molecular weight excluding hydrogens is 336 g/mol. The van der Waals surface area contributed by atoms with E-state index in [1.165, 1.54) is 77.0 Å². The molecule has 0 aliphatic heterocycles. The average molecular weight is 377 g/mol. The highest BCUT2D eigenvalue weighted by Gasteiger charge is 2.07. The molecule has 0 amide bonds. The van der Waals surface area contributed by atoms with E-state index in [1.54, 1.807) is 19.2 Å². The number of ether oxygens (including phenoxy) is 2. The summed E-state index contributed by atoms with van der Waals surface area (Å²) in [6.07, 6.45) is 18.6. The molecule has 0 fully saturated rings. The summed E-state index contributed by atoms with van der Waals surface area (Å²) in [5.74, 6) is 0.421. The Balaban J connectivity index is 1.87. The molecule has 1 aromatic rings. The molecule has 0 spiro atoms. The van der Waals surface area contributed by atoms with Crippen LogP contribution in [0.15, 0.2) is 24.3 Å². The zero-order valence-corrected chi connectivity index (χ0v) is 17.6. The Bertz CT molecular complexity index is 484. The van der Waals surface area contributed by atoms with Gasteiger partial charge in [-0.25, -0.2) is 4.79 Å². The highest BCUT2D eigenvalue weighted by molar-refractivity contribution is 5.89. The van der Waals surface area contributed by atoms with Gasteiger partial charge >= 0.3 is 5.97 Å². The Morgan fingerprint density at radius 1 is 0.778 bits per heavy atom. The third-order valence-electron chi connectivity index (χ3n) is 5.04. The lowest BCUT2D eigenvalue weighted by atomic mass is 10.0. The summed E-state index contributed by atoms with van der Waals surface area (Å²) >= 11 is 0. The number of carbonyl (C=O) groups excluding carboxylic acids is 1. The van der Waals surface area contributed by atoms with Gasteiger partial charge in [0, 0.05) is 0 Å². The number of methoxy groups -OCH3 is 1. The van der Waals surface area contributed by atoms with Gasteiger partial charge in [0.1, 0.15) is 5.75 Å². The summed E-state index contributed by atoms with van der Waals surface area (Å²) in [5, 5.41) is 0. The number of rotatable bonds is 17. The smallest absolute Gasteiger partial charge is 0.338 e. The fourth-order valence-corrected chi connectivity index (χ4v) is 3.29. The van der Waals surface area contributed by atoms with Crippen LogP contribution in [-0.4, -0.2) is 19.7 Å². The fraction of sp³-hybridized carbons (Fsp3) is 0.708. The van der Waals surface area contributed by atoms with Gasteiger partial charge in [0.05, 0.1) is 19.3 Å². The molecule has 0 aliphatic rings. The van der Waals surface area contributed by atoms with Gasteiger partial charge in [0.25, 0.3) is 0 Å². The molecule has 1 aromatic carbocycles. The van der Waals surface area contributed by atoms with Gasteiger partial charge < -0.3 is 9.47 Å². The topological polar surface area (TPSA) is 35.5 Å². The monoisotopic (exact) mass is 376 g/mol. The molecule has 0 bridgehead atoms. The van der Waals surface area contributed by atoms with Crippen LogP contribution in [0, 0.1) is 0 Å². The second kappa shape index (κ2) is 16.6. The van der Waals surface area contributed by atoms with E-state index >= 15 is 0 Å². The third-order valence-corrected chi connectivity index (χ3v) is 5.04. The van der Waals surface area contributed by atoms with E-state index < -0.39 is 0 Å². The highest BCUT2D eigenvalue weighted by Crippen LogP contribution is 2.15. The summed E-state index contributed by atoms with van der Waals surface area (Å²) in [6.45, 7) is 2.78. The quantitative estimate of drug-likeness (QED) is 0.211. The van der Waals surface area contributed by atoms with Crippen LogP contribution >= 0.6 is 0 Å². The number of carbonyl (C=O) groups is 1. The average Bonchev–Trinajstić information content (AvgIpc) is 2.70. The Morgan fingerprint density at radius 3 is 1.81 bits per heavy atom. The van der Waals surface area contributed by atoms with Crippen LogP contribution in [0.2, 0.25) is 0 Å². The van der Waals surface area contributed by atoms with Crippen molar-refractivity contribution in [3.63, 3.8) is 0 Å². The molecule has 0 radical (unpaired) electrons. The van der Waals surface area contributed by atoms with E-state index in [4.69, 9.17) is 9.47 Å². The van der Waals surface area contributed by atoms with Crippen molar-refractivity contribution in [1.82, 2.24) is 0 Å². The lowest BCUT2D eigenvalue weighted by Gasteiger charge is -2.06. The minimum Gasteiger partial charge on any atom is -0.497 e. The van der Waals surface area contributed by atoms with E-state index in [2.05, 4.69) is 6.92 Å². The van der Waals surface area contributed by atoms with Gasteiger partial charge in [-0.05, 0) is 24.6 Å². The van der Waals surface area contributed by atoms with E-state index in [1.807, 2.05) is 12.1 Å². The Labute approximate surface area is 166 Å². The molecule has 154 valence electrons. The maximum absolute atomic E-state index is 12.0. The van der Waals surface area contributed by atoms with Crippen LogP contribution in [0.3, 0.4) is 0 Å². The normalized spacial score (nSPS) is 10.7. The molecule has 0 atom stereocenters. The van der Waals surface area contributed by atoms with E-state index in [0.29, 0.717) is 17.9 Å². The van der Waals surface area contributed by atoms with Crippen molar-refractivity contribution in [3.05, 3.63) is 29.8 Å². The lowest BCUT2D eigenvalue weighted by Crippen LogP contribution is -2.06. The number of esters is 1. The van der Waals surface area contributed by atoms with Crippen LogP contribution in [0.4, 0.5) is 0 Å². The van der Waals surface area contributed by atoms with Crippen LogP contribution in [0.5, 0.6) is 5.75 Å². The molecule has 3 nitrogen and oxygen atoms in total. The zero-order chi connectivity index (χ0) is 19.6. The molecule has 0 unspecified atom stereocenters. The molecule has 27 heavy (non-hydrogen) atoms. The first kappa shape index (κ1) is 23.5. The Hall–Kier alpha value is -1.51. The predicted molar refractivity (Wildman–Crippen MR) is 114 cm³/mol. The maximum atomic E-state index is 12.0. The highest BCUT2D eigenvalue weighted by atomic mass is 16.5. The number of hydrogen-bond donors (Lipinski definition) is 0. The summed E-state index contributed by atoms with van der Waals surface area (Å²) in [6, 6.07) is 7.11. The van der Waals surface area contributed by atoms with Gasteiger partial charge in [-0.15, -0.1) is 0 Å².